The Morgan fingerprint density at radius 1 is 0.621 bits per heavy atom. The summed E-state index contributed by atoms with van der Waals surface area (Å²) in [5.74, 6) is 0. The predicted molar refractivity (Wildman–Crippen MR) is 119 cm³/mol. The van der Waals surface area contributed by atoms with E-state index in [0.29, 0.717) is 19.4 Å². The summed E-state index contributed by atoms with van der Waals surface area (Å²) in [6.45, 7) is 2.36. The summed E-state index contributed by atoms with van der Waals surface area (Å²) in [7, 11) is -4.12. The molecule has 0 aliphatic rings. The molecule has 0 bridgehead atoms. The van der Waals surface area contributed by atoms with E-state index in [1.54, 1.807) is 0 Å². The average Bonchev–Trinajstić information content (AvgIpc) is 2.65. The van der Waals surface area contributed by atoms with E-state index in [-0.39, 0.29) is 51.4 Å². The number of rotatable bonds is 22. The zero-order chi connectivity index (χ0) is 20.9. The van der Waals surface area contributed by atoms with Crippen LogP contribution in [0.4, 0.5) is 0 Å². The topological polar surface area (TPSA) is 77.4 Å². The molecular weight excluding hydrogens is 411 g/mol. The molecule has 0 radical (unpaired) electrons. The summed E-state index contributed by atoms with van der Waals surface area (Å²) in [5, 5.41) is 8.06. The van der Waals surface area contributed by atoms with Gasteiger partial charge in [0.1, 0.15) is 0 Å². The van der Waals surface area contributed by atoms with Crippen molar-refractivity contribution in [3.8, 4) is 0 Å². The Bertz CT molecular complexity index is 415. The number of hydrogen-bond acceptors (Lipinski definition) is 4. The van der Waals surface area contributed by atoms with Gasteiger partial charge in [-0.15, -0.1) is 0 Å². The smallest absolute Gasteiger partial charge is 0.748 e. The molecular formula is C23H47KO4S. The third kappa shape index (κ3) is 24.0. The maximum Gasteiger partial charge on any atom is 1.00 e. The zero-order valence-electron chi connectivity index (χ0n) is 19.5. The van der Waals surface area contributed by atoms with Crippen molar-refractivity contribution in [1.29, 1.82) is 0 Å². The van der Waals surface area contributed by atoms with Crippen molar-refractivity contribution in [3.63, 3.8) is 0 Å². The molecule has 0 fully saturated rings. The first-order valence-electron chi connectivity index (χ1n) is 12.1. The molecule has 170 valence electrons. The number of unbranched alkanes of at least 4 members (excludes halogenated alkanes) is 16. The molecule has 0 amide bonds. The first kappa shape index (κ1) is 32.7. The summed E-state index contributed by atoms with van der Waals surface area (Å²) in [5.41, 5.74) is 0. The van der Waals surface area contributed by atoms with Crippen molar-refractivity contribution in [2.45, 2.75) is 141 Å². The van der Waals surface area contributed by atoms with Gasteiger partial charge in [0.25, 0.3) is 0 Å². The summed E-state index contributed by atoms with van der Waals surface area (Å²) in [6.07, 6.45) is 22.6. The molecule has 0 aromatic heterocycles. The van der Waals surface area contributed by atoms with E-state index in [0.717, 1.165) is 38.5 Å². The molecule has 0 saturated carbocycles. The van der Waals surface area contributed by atoms with E-state index in [1.807, 2.05) is 6.92 Å². The van der Waals surface area contributed by atoms with Crippen LogP contribution in [0, 0.1) is 0 Å². The first-order chi connectivity index (χ1) is 13.5. The Hall–Kier alpha value is 1.51. The fraction of sp³-hybridized carbons (Fsp3) is 1.00. The van der Waals surface area contributed by atoms with E-state index in [4.69, 9.17) is 5.11 Å². The summed E-state index contributed by atoms with van der Waals surface area (Å²) in [4.78, 5) is 0. The largest absolute Gasteiger partial charge is 1.00 e. The fourth-order valence-corrected chi connectivity index (χ4v) is 4.73. The molecule has 0 aromatic rings. The summed E-state index contributed by atoms with van der Waals surface area (Å²) >= 11 is 0. The van der Waals surface area contributed by atoms with Crippen LogP contribution >= 0.6 is 0 Å². The van der Waals surface area contributed by atoms with E-state index in [1.165, 1.54) is 77.0 Å². The van der Waals surface area contributed by atoms with Crippen molar-refractivity contribution in [1.82, 2.24) is 0 Å². The Morgan fingerprint density at radius 2 is 0.931 bits per heavy atom. The molecule has 0 saturated heterocycles. The van der Waals surface area contributed by atoms with Crippen LogP contribution in [-0.2, 0) is 10.1 Å². The van der Waals surface area contributed by atoms with Crippen LogP contribution in [0.25, 0.3) is 0 Å². The minimum absolute atomic E-state index is 0. The zero-order valence-corrected chi connectivity index (χ0v) is 23.4. The Balaban J connectivity index is 0. The molecule has 4 nitrogen and oxygen atoms in total. The van der Waals surface area contributed by atoms with Gasteiger partial charge in [-0.25, -0.2) is 8.42 Å². The van der Waals surface area contributed by atoms with Gasteiger partial charge >= 0.3 is 51.4 Å². The maximum atomic E-state index is 11.3. The van der Waals surface area contributed by atoms with E-state index in [2.05, 4.69) is 0 Å². The van der Waals surface area contributed by atoms with Gasteiger partial charge in [-0.2, -0.15) is 0 Å². The quantitative estimate of drug-likeness (QED) is 0.152. The van der Waals surface area contributed by atoms with Gasteiger partial charge in [0.15, 0.2) is 0 Å². The molecule has 0 heterocycles. The second-order valence-electron chi connectivity index (χ2n) is 8.43. The molecule has 0 spiro atoms. The molecule has 0 aromatic carbocycles. The Morgan fingerprint density at radius 3 is 1.24 bits per heavy atom. The molecule has 6 heteroatoms. The molecule has 0 aliphatic carbocycles. The number of hydrogen-bond donors (Lipinski definition) is 1. The van der Waals surface area contributed by atoms with Gasteiger partial charge in [0.2, 0.25) is 0 Å². The van der Waals surface area contributed by atoms with Crippen LogP contribution in [0.1, 0.15) is 135 Å². The minimum Gasteiger partial charge on any atom is -0.748 e. The van der Waals surface area contributed by atoms with Gasteiger partial charge in [0, 0.05) is 11.9 Å². The average molecular weight is 459 g/mol. The molecule has 0 aliphatic heterocycles. The summed E-state index contributed by atoms with van der Waals surface area (Å²) < 4.78 is 33.8. The second-order valence-corrected chi connectivity index (χ2v) is 10.1. The van der Waals surface area contributed by atoms with Crippen molar-refractivity contribution >= 4 is 10.1 Å². The van der Waals surface area contributed by atoms with Crippen molar-refractivity contribution < 1.29 is 69.5 Å². The van der Waals surface area contributed by atoms with Crippen molar-refractivity contribution in [3.05, 3.63) is 0 Å². The van der Waals surface area contributed by atoms with E-state index in [9.17, 15) is 13.0 Å². The van der Waals surface area contributed by atoms with Crippen LogP contribution in [0.3, 0.4) is 0 Å². The first-order valence-corrected chi connectivity index (χ1v) is 13.5. The van der Waals surface area contributed by atoms with Crippen molar-refractivity contribution in [2.75, 3.05) is 6.61 Å². The van der Waals surface area contributed by atoms with Gasteiger partial charge in [-0.3, -0.25) is 0 Å². The normalized spacial score (nSPS) is 12.7. The Kier molecular flexibility index (Phi) is 27.2. The van der Waals surface area contributed by atoms with Gasteiger partial charge in [-0.05, 0) is 19.3 Å². The van der Waals surface area contributed by atoms with Crippen LogP contribution in [0.5, 0.6) is 0 Å². The predicted octanol–water partition coefficient (Wildman–Crippen LogP) is 3.72. The molecule has 29 heavy (non-hydrogen) atoms. The molecule has 1 atom stereocenters. The monoisotopic (exact) mass is 458 g/mol. The number of aliphatic hydroxyl groups excluding tert-OH is 1. The SMILES string of the molecule is CCCCC(CCCCCCCCCCCCCCCCCCO)S(=O)(=O)[O-].[K+]. The van der Waals surface area contributed by atoms with Gasteiger partial charge in [0.05, 0.1) is 10.1 Å². The molecule has 0 rings (SSSR count). The standard InChI is InChI=1S/C23H48O4S.K/c1-2-3-20-23(28(25,26)27)21-18-16-14-12-10-8-6-4-5-7-9-11-13-15-17-19-22-24;/h23-24H,2-22H2,1H3,(H,25,26,27);/q;+1/p-1. The van der Waals surface area contributed by atoms with Crippen LogP contribution < -0.4 is 51.4 Å². The summed E-state index contributed by atoms with van der Waals surface area (Å²) in [6, 6.07) is 0. The minimum atomic E-state index is -4.12. The van der Waals surface area contributed by atoms with Crippen molar-refractivity contribution in [2.24, 2.45) is 0 Å². The molecule has 1 N–H and O–H groups in total. The Labute approximate surface area is 224 Å². The maximum absolute atomic E-state index is 11.3. The van der Waals surface area contributed by atoms with E-state index < -0.39 is 15.4 Å². The third-order valence-electron chi connectivity index (χ3n) is 5.72. The van der Waals surface area contributed by atoms with Gasteiger partial charge < -0.3 is 9.66 Å². The van der Waals surface area contributed by atoms with Crippen LogP contribution in [0.2, 0.25) is 0 Å². The number of aliphatic hydroxyl groups is 1. The van der Waals surface area contributed by atoms with E-state index >= 15 is 0 Å². The van der Waals surface area contributed by atoms with Crippen LogP contribution in [-0.4, -0.2) is 29.9 Å². The third-order valence-corrected chi connectivity index (χ3v) is 7.01. The molecule has 1 unspecified atom stereocenters. The fourth-order valence-electron chi connectivity index (χ4n) is 3.82. The van der Waals surface area contributed by atoms with Crippen LogP contribution in [0.15, 0.2) is 0 Å². The second kappa shape index (κ2) is 24.2. The van der Waals surface area contributed by atoms with Gasteiger partial charge in [-0.1, -0.05) is 116 Å².